The van der Waals surface area contributed by atoms with E-state index in [1.165, 1.54) is 12.8 Å². The first kappa shape index (κ1) is 14.7. The Morgan fingerprint density at radius 2 is 1.93 bits per heavy atom. The maximum atomic E-state index is 5.42. The fraction of sp³-hybridized carbons (Fsp3) is 0.846. The molecule has 2 nitrogen and oxygen atoms in total. The highest BCUT2D eigenvalue weighted by Gasteiger charge is 2.02. The fourth-order valence-electron chi connectivity index (χ4n) is 1.33. The number of nitrogens with one attached hydrogen (secondary N) is 1. The Morgan fingerprint density at radius 1 is 1.20 bits per heavy atom. The minimum atomic E-state index is 0.607. The van der Waals surface area contributed by atoms with E-state index in [9.17, 15) is 0 Å². The van der Waals surface area contributed by atoms with Crippen molar-refractivity contribution in [1.29, 1.82) is 0 Å². The zero-order valence-corrected chi connectivity index (χ0v) is 10.6. The van der Waals surface area contributed by atoms with Crippen LogP contribution in [-0.4, -0.2) is 25.8 Å². The summed E-state index contributed by atoms with van der Waals surface area (Å²) in [6.07, 6.45) is 5.39. The lowest BCUT2D eigenvalue weighted by Crippen LogP contribution is -2.29. The van der Waals surface area contributed by atoms with Gasteiger partial charge in [0.25, 0.3) is 0 Å². The molecule has 1 atom stereocenters. The summed E-state index contributed by atoms with van der Waals surface area (Å²) in [5.74, 6) is 0.804. The fourth-order valence-corrected chi connectivity index (χ4v) is 1.33. The average molecular weight is 213 g/mol. The molecule has 0 radical (unpaired) electrons. The van der Waals surface area contributed by atoms with Crippen molar-refractivity contribution in [2.75, 3.05) is 19.8 Å². The number of hydrogen-bond donors (Lipinski definition) is 1. The molecule has 0 aromatic heterocycles. The minimum Gasteiger partial charge on any atom is -0.380 e. The van der Waals surface area contributed by atoms with Crippen molar-refractivity contribution in [1.82, 2.24) is 5.32 Å². The van der Waals surface area contributed by atoms with Crippen molar-refractivity contribution in [2.24, 2.45) is 5.92 Å². The number of rotatable bonds is 10. The topological polar surface area (TPSA) is 21.3 Å². The molecule has 0 aliphatic carbocycles. The Bertz CT molecular complexity index is 145. The Labute approximate surface area is 95.1 Å². The van der Waals surface area contributed by atoms with Gasteiger partial charge in [-0.25, -0.2) is 0 Å². The van der Waals surface area contributed by atoms with Crippen molar-refractivity contribution in [3.8, 4) is 0 Å². The van der Waals surface area contributed by atoms with E-state index in [2.05, 4.69) is 32.7 Å². The van der Waals surface area contributed by atoms with Gasteiger partial charge in [0.05, 0.1) is 13.2 Å². The summed E-state index contributed by atoms with van der Waals surface area (Å²) < 4.78 is 5.42. The van der Waals surface area contributed by atoms with Crippen molar-refractivity contribution in [2.45, 2.75) is 46.1 Å². The monoisotopic (exact) mass is 213 g/mol. The van der Waals surface area contributed by atoms with Gasteiger partial charge in [0.1, 0.15) is 0 Å². The standard InChI is InChI=1S/C13H27NO/c1-5-6-10-15-11-9-14-13(4)8-7-12(2)3/h5,12-14H,1,6-11H2,2-4H3. The summed E-state index contributed by atoms with van der Waals surface area (Å²) in [6, 6.07) is 0.607. The van der Waals surface area contributed by atoms with E-state index in [-0.39, 0.29) is 0 Å². The van der Waals surface area contributed by atoms with E-state index in [1.807, 2.05) is 6.08 Å². The van der Waals surface area contributed by atoms with Gasteiger partial charge in [-0.05, 0) is 32.1 Å². The van der Waals surface area contributed by atoms with Crippen LogP contribution in [-0.2, 0) is 4.74 Å². The minimum absolute atomic E-state index is 0.607. The van der Waals surface area contributed by atoms with Crippen molar-refractivity contribution in [3.05, 3.63) is 12.7 Å². The highest BCUT2D eigenvalue weighted by Crippen LogP contribution is 2.05. The first-order chi connectivity index (χ1) is 7.16. The largest absolute Gasteiger partial charge is 0.380 e. The molecule has 0 aliphatic rings. The third-order valence-corrected chi connectivity index (χ3v) is 2.38. The molecule has 0 rings (SSSR count). The summed E-state index contributed by atoms with van der Waals surface area (Å²) in [5.41, 5.74) is 0. The van der Waals surface area contributed by atoms with Gasteiger partial charge in [-0.2, -0.15) is 0 Å². The normalized spacial score (nSPS) is 13.1. The second kappa shape index (κ2) is 10.2. The van der Waals surface area contributed by atoms with Crippen LogP contribution in [0.4, 0.5) is 0 Å². The molecule has 0 aromatic rings. The van der Waals surface area contributed by atoms with Crippen molar-refractivity contribution in [3.63, 3.8) is 0 Å². The van der Waals surface area contributed by atoms with Crippen molar-refractivity contribution >= 4 is 0 Å². The predicted molar refractivity (Wildman–Crippen MR) is 67.2 cm³/mol. The Hall–Kier alpha value is -0.340. The Morgan fingerprint density at radius 3 is 2.53 bits per heavy atom. The van der Waals surface area contributed by atoms with Crippen LogP contribution in [0.15, 0.2) is 12.7 Å². The van der Waals surface area contributed by atoms with E-state index in [0.717, 1.165) is 32.1 Å². The van der Waals surface area contributed by atoms with Crippen LogP contribution < -0.4 is 5.32 Å². The molecule has 0 saturated carbocycles. The van der Waals surface area contributed by atoms with Crippen molar-refractivity contribution < 1.29 is 4.74 Å². The first-order valence-electron chi connectivity index (χ1n) is 6.08. The molecule has 15 heavy (non-hydrogen) atoms. The second-order valence-electron chi connectivity index (χ2n) is 4.52. The van der Waals surface area contributed by atoms with Crippen LogP contribution in [0, 0.1) is 5.92 Å². The molecule has 1 N–H and O–H groups in total. The highest BCUT2D eigenvalue weighted by atomic mass is 16.5. The Balaban J connectivity index is 3.16. The summed E-state index contributed by atoms with van der Waals surface area (Å²) in [7, 11) is 0. The quantitative estimate of drug-likeness (QED) is 0.445. The molecule has 2 heteroatoms. The van der Waals surface area contributed by atoms with Gasteiger partial charge in [-0.3, -0.25) is 0 Å². The maximum Gasteiger partial charge on any atom is 0.0591 e. The smallest absolute Gasteiger partial charge is 0.0591 e. The van der Waals surface area contributed by atoms with Gasteiger partial charge >= 0.3 is 0 Å². The van der Waals surface area contributed by atoms with Crippen LogP contribution in [0.2, 0.25) is 0 Å². The maximum absolute atomic E-state index is 5.42. The zero-order chi connectivity index (χ0) is 11.5. The third kappa shape index (κ3) is 11.6. The van der Waals surface area contributed by atoms with Gasteiger partial charge in [-0.15, -0.1) is 6.58 Å². The molecule has 0 bridgehead atoms. The van der Waals surface area contributed by atoms with E-state index in [4.69, 9.17) is 4.74 Å². The number of ether oxygens (including phenoxy) is 1. The molecule has 0 amide bonds. The summed E-state index contributed by atoms with van der Waals surface area (Å²) >= 11 is 0. The molecule has 0 saturated heterocycles. The van der Waals surface area contributed by atoms with E-state index < -0.39 is 0 Å². The molecule has 0 heterocycles. The van der Waals surface area contributed by atoms with E-state index in [0.29, 0.717) is 6.04 Å². The molecule has 90 valence electrons. The molecule has 0 fully saturated rings. The number of hydrogen-bond acceptors (Lipinski definition) is 2. The lowest BCUT2D eigenvalue weighted by Gasteiger charge is -2.14. The SMILES string of the molecule is C=CCCOCCNC(C)CCC(C)C. The molecule has 1 unspecified atom stereocenters. The summed E-state index contributed by atoms with van der Waals surface area (Å²) in [5, 5.41) is 3.46. The third-order valence-electron chi connectivity index (χ3n) is 2.38. The molecule has 0 spiro atoms. The lowest BCUT2D eigenvalue weighted by atomic mass is 10.0. The summed E-state index contributed by atoms with van der Waals surface area (Å²) in [4.78, 5) is 0. The van der Waals surface area contributed by atoms with Crippen LogP contribution in [0.3, 0.4) is 0 Å². The van der Waals surface area contributed by atoms with Gasteiger partial charge < -0.3 is 10.1 Å². The first-order valence-corrected chi connectivity index (χ1v) is 6.08. The van der Waals surface area contributed by atoms with E-state index >= 15 is 0 Å². The second-order valence-corrected chi connectivity index (χ2v) is 4.52. The van der Waals surface area contributed by atoms with Crippen LogP contribution in [0.5, 0.6) is 0 Å². The average Bonchev–Trinajstić information content (AvgIpc) is 2.20. The van der Waals surface area contributed by atoms with Crippen LogP contribution >= 0.6 is 0 Å². The van der Waals surface area contributed by atoms with Gasteiger partial charge in [0.15, 0.2) is 0 Å². The van der Waals surface area contributed by atoms with Crippen LogP contribution in [0.1, 0.15) is 40.0 Å². The summed E-state index contributed by atoms with van der Waals surface area (Å²) in [6.45, 7) is 13.0. The van der Waals surface area contributed by atoms with Crippen LogP contribution in [0.25, 0.3) is 0 Å². The molecule has 0 aromatic carbocycles. The zero-order valence-electron chi connectivity index (χ0n) is 10.6. The molecular weight excluding hydrogens is 186 g/mol. The Kier molecular flexibility index (Phi) is 9.96. The molecular formula is C13H27NO. The predicted octanol–water partition coefficient (Wildman–Crippen LogP) is 2.99. The van der Waals surface area contributed by atoms with E-state index in [1.54, 1.807) is 0 Å². The molecule has 0 aliphatic heterocycles. The van der Waals surface area contributed by atoms with Gasteiger partial charge in [0.2, 0.25) is 0 Å². The highest BCUT2D eigenvalue weighted by molar-refractivity contribution is 4.65. The van der Waals surface area contributed by atoms with Gasteiger partial charge in [-0.1, -0.05) is 19.9 Å². The lowest BCUT2D eigenvalue weighted by molar-refractivity contribution is 0.138. The van der Waals surface area contributed by atoms with Gasteiger partial charge in [0, 0.05) is 12.6 Å².